The van der Waals surface area contributed by atoms with Crippen LogP contribution in [0.15, 0.2) is 119 Å². The normalized spacial score (nSPS) is 11.5. The molecule has 4 aromatic carbocycles. The van der Waals surface area contributed by atoms with Crippen molar-refractivity contribution in [3.05, 3.63) is 153 Å². The Bertz CT molecular complexity index is 2290. The van der Waals surface area contributed by atoms with Crippen LogP contribution in [0.3, 0.4) is 0 Å². The van der Waals surface area contributed by atoms with Crippen molar-refractivity contribution in [3.8, 4) is 11.4 Å². The number of Topliss-reactive ketones (excluding diaryl/α,β-unsaturated/α-hetero) is 1. The van der Waals surface area contributed by atoms with Crippen LogP contribution in [0.4, 0.5) is 20.6 Å². The number of ether oxygens (including phenoxy) is 1. The summed E-state index contributed by atoms with van der Waals surface area (Å²) in [5, 5.41) is 16.2. The number of aromatic nitrogens is 3. The lowest BCUT2D eigenvalue weighted by Crippen LogP contribution is -2.45. The summed E-state index contributed by atoms with van der Waals surface area (Å²) in [6.07, 6.45) is 0.149. The highest BCUT2D eigenvalue weighted by molar-refractivity contribution is 6.00. The number of rotatable bonds is 12. The Morgan fingerprint density at radius 1 is 0.941 bits per heavy atom. The predicted octanol–water partition coefficient (Wildman–Crippen LogP) is 5.46. The minimum Gasteiger partial charge on any atom is -0.444 e. The predicted molar refractivity (Wildman–Crippen MR) is 181 cm³/mol. The lowest BCUT2D eigenvalue weighted by Gasteiger charge is -2.18. The van der Waals surface area contributed by atoms with Gasteiger partial charge in [-0.25, -0.2) is 19.2 Å². The summed E-state index contributed by atoms with van der Waals surface area (Å²) >= 11 is 0. The molecule has 51 heavy (non-hydrogen) atoms. The number of anilines is 1. The van der Waals surface area contributed by atoms with E-state index in [-0.39, 0.29) is 46.9 Å². The quantitative estimate of drug-likeness (QED) is 0.0948. The van der Waals surface area contributed by atoms with E-state index in [1.165, 1.54) is 24.3 Å². The number of nitrogens with zero attached hydrogens (tertiary/aromatic N) is 4. The molecule has 0 saturated carbocycles. The van der Waals surface area contributed by atoms with Gasteiger partial charge in [0.05, 0.1) is 11.1 Å². The zero-order chi connectivity index (χ0) is 35.9. The Hall–Kier alpha value is -7.03. The first-order chi connectivity index (χ1) is 24.6. The third-order valence-corrected chi connectivity index (χ3v) is 7.63. The molecule has 1 unspecified atom stereocenters. The second kappa shape index (κ2) is 15.0. The molecule has 15 heteroatoms. The Labute approximate surface area is 287 Å². The van der Waals surface area contributed by atoms with Gasteiger partial charge in [-0.1, -0.05) is 60.7 Å². The van der Waals surface area contributed by atoms with E-state index < -0.39 is 52.6 Å². The van der Waals surface area contributed by atoms with Crippen LogP contribution in [0.1, 0.15) is 21.8 Å². The number of ketones is 1. The van der Waals surface area contributed by atoms with Crippen LogP contribution in [-0.4, -0.2) is 43.3 Å². The second-order valence-corrected chi connectivity index (χ2v) is 11.2. The summed E-state index contributed by atoms with van der Waals surface area (Å²) < 4.78 is 25.6. The maximum Gasteiger partial charge on any atom is 0.412 e. The van der Waals surface area contributed by atoms with Gasteiger partial charge in [-0.05, 0) is 41.5 Å². The van der Waals surface area contributed by atoms with E-state index in [0.717, 1.165) is 29.0 Å². The van der Waals surface area contributed by atoms with Gasteiger partial charge in [0.1, 0.15) is 42.0 Å². The summed E-state index contributed by atoms with van der Waals surface area (Å²) in [5.74, 6) is -2.48. The molecule has 2 aromatic heterocycles. The van der Waals surface area contributed by atoms with Crippen molar-refractivity contribution in [2.45, 2.75) is 25.6 Å². The molecule has 2 heterocycles. The first kappa shape index (κ1) is 33.9. The number of oxazole rings is 1. The number of halogens is 1. The van der Waals surface area contributed by atoms with Gasteiger partial charge in [-0.2, -0.15) is 0 Å². The molecule has 6 rings (SSSR count). The largest absolute Gasteiger partial charge is 0.444 e. The number of benzene rings is 4. The van der Waals surface area contributed by atoms with Gasteiger partial charge in [0.2, 0.25) is 11.7 Å². The molecule has 0 radical (unpaired) electrons. The standard InChI is InChI=1S/C36H27FN6O8/c37-25-13-11-24(12-14-25)33-38-19-29(41-36(47)50-21-23-9-5-2-6-10-23)35(46)42(33)20-31(44)39-28(17-22-7-3-1-4-8-22)32(45)34-40-27-18-26(43(48)49)15-16-30(27)51-34/h1-16,18-19,28H,17,20-21H2,(H,39,44)(H,41,47). The number of nitro groups is 1. The highest BCUT2D eigenvalue weighted by Gasteiger charge is 2.28. The SMILES string of the molecule is O=C(Cn1c(-c2ccc(F)cc2)ncc(NC(=O)OCc2ccccc2)c1=O)NC(Cc1ccccc1)C(=O)c1nc2cc([N+](=O)[O-])ccc2o1. The van der Waals surface area contributed by atoms with Crippen molar-refractivity contribution in [1.29, 1.82) is 0 Å². The van der Waals surface area contributed by atoms with E-state index in [1.807, 2.05) is 6.07 Å². The van der Waals surface area contributed by atoms with Gasteiger partial charge in [0, 0.05) is 24.1 Å². The number of hydrogen-bond acceptors (Lipinski definition) is 10. The molecule has 0 aliphatic rings. The molecule has 0 aliphatic heterocycles. The van der Waals surface area contributed by atoms with Crippen LogP contribution in [0.25, 0.3) is 22.5 Å². The highest BCUT2D eigenvalue weighted by Crippen LogP contribution is 2.23. The minimum absolute atomic E-state index is 0.00287. The molecule has 0 bridgehead atoms. The molecule has 0 fully saturated rings. The molecular formula is C36H27FN6O8. The van der Waals surface area contributed by atoms with Gasteiger partial charge in [-0.15, -0.1) is 0 Å². The van der Waals surface area contributed by atoms with Crippen molar-refractivity contribution in [2.24, 2.45) is 0 Å². The summed E-state index contributed by atoms with van der Waals surface area (Å²) in [4.78, 5) is 72.8. The lowest BCUT2D eigenvalue weighted by molar-refractivity contribution is -0.384. The Morgan fingerprint density at radius 3 is 2.31 bits per heavy atom. The average molecular weight is 691 g/mol. The zero-order valence-corrected chi connectivity index (χ0v) is 26.5. The van der Waals surface area contributed by atoms with E-state index in [4.69, 9.17) is 9.15 Å². The fourth-order valence-electron chi connectivity index (χ4n) is 5.15. The van der Waals surface area contributed by atoms with E-state index in [2.05, 4.69) is 20.6 Å². The van der Waals surface area contributed by atoms with E-state index in [9.17, 15) is 33.7 Å². The fourth-order valence-corrected chi connectivity index (χ4v) is 5.15. The van der Waals surface area contributed by atoms with E-state index in [1.54, 1.807) is 54.6 Å². The third kappa shape index (κ3) is 8.17. The molecule has 0 saturated heterocycles. The summed E-state index contributed by atoms with van der Waals surface area (Å²) in [5.41, 5.74) is 0.497. The molecule has 256 valence electrons. The first-order valence-electron chi connectivity index (χ1n) is 15.4. The lowest BCUT2D eigenvalue weighted by atomic mass is 10.0. The Morgan fingerprint density at radius 2 is 1.63 bits per heavy atom. The Kier molecular flexibility index (Phi) is 9.98. The smallest absolute Gasteiger partial charge is 0.412 e. The molecule has 6 aromatic rings. The van der Waals surface area contributed by atoms with Crippen LogP contribution >= 0.6 is 0 Å². The minimum atomic E-state index is -1.25. The van der Waals surface area contributed by atoms with Gasteiger partial charge < -0.3 is 14.5 Å². The van der Waals surface area contributed by atoms with Gasteiger partial charge in [-0.3, -0.25) is 34.4 Å². The van der Waals surface area contributed by atoms with Crippen molar-refractivity contribution < 1.29 is 32.9 Å². The van der Waals surface area contributed by atoms with E-state index in [0.29, 0.717) is 11.1 Å². The molecular weight excluding hydrogens is 663 g/mol. The zero-order valence-electron chi connectivity index (χ0n) is 26.5. The number of hydrogen-bond donors (Lipinski definition) is 2. The molecule has 0 aliphatic carbocycles. The summed E-state index contributed by atoms with van der Waals surface area (Å²) in [6, 6.07) is 25.1. The summed E-state index contributed by atoms with van der Waals surface area (Å²) in [7, 11) is 0. The van der Waals surface area contributed by atoms with Crippen LogP contribution in [-0.2, 0) is 29.1 Å². The molecule has 14 nitrogen and oxygen atoms in total. The van der Waals surface area contributed by atoms with Crippen molar-refractivity contribution >= 4 is 40.3 Å². The van der Waals surface area contributed by atoms with E-state index >= 15 is 0 Å². The molecule has 2 N–H and O–H groups in total. The third-order valence-electron chi connectivity index (χ3n) is 7.63. The molecule has 1 atom stereocenters. The number of nitrogens with one attached hydrogen (secondary N) is 2. The number of nitro benzene ring substituents is 1. The number of carbonyl (C=O) groups is 3. The van der Waals surface area contributed by atoms with Crippen LogP contribution in [0.2, 0.25) is 0 Å². The topological polar surface area (TPSA) is 189 Å². The fraction of sp³-hybridized carbons (Fsp3) is 0.111. The maximum atomic E-state index is 13.8. The van der Waals surface area contributed by atoms with Crippen LogP contribution < -0.4 is 16.2 Å². The van der Waals surface area contributed by atoms with Crippen LogP contribution in [0, 0.1) is 15.9 Å². The Balaban J connectivity index is 1.28. The van der Waals surface area contributed by atoms with Gasteiger partial charge in [0.15, 0.2) is 5.58 Å². The summed E-state index contributed by atoms with van der Waals surface area (Å²) in [6.45, 7) is -0.746. The molecule has 0 spiro atoms. The number of carbonyl (C=O) groups excluding carboxylic acids is 3. The first-order valence-corrected chi connectivity index (χ1v) is 15.4. The maximum absolute atomic E-state index is 13.8. The second-order valence-electron chi connectivity index (χ2n) is 11.2. The highest BCUT2D eigenvalue weighted by atomic mass is 19.1. The van der Waals surface area contributed by atoms with Crippen molar-refractivity contribution in [2.75, 3.05) is 5.32 Å². The number of non-ortho nitro benzene ring substituents is 1. The molecule has 2 amide bonds. The van der Waals surface area contributed by atoms with Gasteiger partial charge >= 0.3 is 6.09 Å². The van der Waals surface area contributed by atoms with Gasteiger partial charge in [0.25, 0.3) is 17.1 Å². The van der Waals surface area contributed by atoms with Crippen molar-refractivity contribution in [3.63, 3.8) is 0 Å². The number of amides is 2. The average Bonchev–Trinajstić information content (AvgIpc) is 3.57. The van der Waals surface area contributed by atoms with Crippen LogP contribution in [0.5, 0.6) is 0 Å². The van der Waals surface area contributed by atoms with Crippen molar-refractivity contribution in [1.82, 2.24) is 19.9 Å². The number of fused-ring (bicyclic) bond motifs is 1. The monoisotopic (exact) mass is 690 g/mol.